The third kappa shape index (κ3) is 7.39. The first-order valence-corrected chi connectivity index (χ1v) is 13.3. The molecule has 40 heavy (non-hydrogen) atoms. The molecule has 4 rings (SSSR count). The van der Waals surface area contributed by atoms with Crippen molar-refractivity contribution in [2.75, 3.05) is 70.3 Å². The van der Waals surface area contributed by atoms with Crippen LogP contribution in [0.1, 0.15) is 26.3 Å². The van der Waals surface area contributed by atoms with Crippen molar-refractivity contribution >= 4 is 29.1 Å². The number of hydrogen-bond acceptors (Lipinski definition) is 6. The lowest BCUT2D eigenvalue weighted by Crippen LogP contribution is -2.48. The fraction of sp³-hybridized carbons (Fsp3) is 0.323. The zero-order valence-electron chi connectivity index (χ0n) is 23.3. The highest BCUT2D eigenvalue weighted by Crippen LogP contribution is 2.21. The van der Waals surface area contributed by atoms with Crippen molar-refractivity contribution in [1.29, 1.82) is 0 Å². The molecule has 1 N–H and O–H groups in total. The second-order valence-corrected chi connectivity index (χ2v) is 9.69. The minimum atomic E-state index is -0.282. The van der Waals surface area contributed by atoms with Crippen LogP contribution in [0, 0.1) is 6.92 Å². The highest BCUT2D eigenvalue weighted by Gasteiger charge is 2.23. The summed E-state index contributed by atoms with van der Waals surface area (Å²) in [6.07, 6.45) is 0. The fourth-order valence-corrected chi connectivity index (χ4v) is 4.55. The molecule has 210 valence electrons. The Morgan fingerprint density at radius 2 is 1.45 bits per heavy atom. The molecule has 1 heterocycles. The first-order chi connectivity index (χ1) is 19.4. The predicted octanol–water partition coefficient (Wildman–Crippen LogP) is 3.69. The summed E-state index contributed by atoms with van der Waals surface area (Å²) in [6.45, 7) is 5.18. The highest BCUT2D eigenvalue weighted by molar-refractivity contribution is 5.99. The van der Waals surface area contributed by atoms with Crippen LogP contribution in [-0.2, 0) is 9.53 Å². The van der Waals surface area contributed by atoms with E-state index in [0.717, 1.165) is 17.0 Å². The van der Waals surface area contributed by atoms with Gasteiger partial charge >= 0.3 is 0 Å². The molecule has 0 atom stereocenters. The first kappa shape index (κ1) is 28.6. The summed E-state index contributed by atoms with van der Waals surface area (Å²) >= 11 is 0. The SMILES string of the molecule is COCCN(CC(=O)Nc1ccc(N2CCN(C(=O)c3ccc(OC)cc3)CC2)cc1)C(=O)c1ccc(C)cc1. The monoisotopic (exact) mass is 544 g/mol. The van der Waals surface area contributed by atoms with E-state index in [1.54, 1.807) is 50.6 Å². The van der Waals surface area contributed by atoms with E-state index >= 15 is 0 Å². The van der Waals surface area contributed by atoms with Crippen LogP contribution >= 0.6 is 0 Å². The van der Waals surface area contributed by atoms with E-state index in [4.69, 9.17) is 9.47 Å². The van der Waals surface area contributed by atoms with E-state index in [2.05, 4.69) is 10.2 Å². The lowest BCUT2D eigenvalue weighted by atomic mass is 10.1. The van der Waals surface area contributed by atoms with Crippen molar-refractivity contribution in [1.82, 2.24) is 9.80 Å². The van der Waals surface area contributed by atoms with Gasteiger partial charge in [0.1, 0.15) is 12.3 Å². The van der Waals surface area contributed by atoms with Gasteiger partial charge in [0.25, 0.3) is 11.8 Å². The normalized spacial score (nSPS) is 13.1. The van der Waals surface area contributed by atoms with Crippen molar-refractivity contribution in [3.63, 3.8) is 0 Å². The Morgan fingerprint density at radius 1 is 0.825 bits per heavy atom. The van der Waals surface area contributed by atoms with Crippen molar-refractivity contribution in [3.05, 3.63) is 89.5 Å². The molecule has 3 aromatic rings. The van der Waals surface area contributed by atoms with E-state index in [-0.39, 0.29) is 24.3 Å². The Hall–Kier alpha value is -4.37. The number of nitrogens with zero attached hydrogens (tertiary/aromatic N) is 3. The molecule has 0 spiro atoms. The number of carbonyl (C=O) groups is 3. The molecule has 0 aliphatic carbocycles. The van der Waals surface area contributed by atoms with Gasteiger partial charge in [-0.05, 0) is 67.6 Å². The van der Waals surface area contributed by atoms with Crippen LogP contribution in [0.2, 0.25) is 0 Å². The number of rotatable bonds is 10. The fourth-order valence-electron chi connectivity index (χ4n) is 4.55. The lowest BCUT2D eigenvalue weighted by molar-refractivity contribution is -0.117. The van der Waals surface area contributed by atoms with Gasteiger partial charge in [-0.25, -0.2) is 0 Å². The van der Waals surface area contributed by atoms with Gasteiger partial charge in [-0.2, -0.15) is 0 Å². The predicted molar refractivity (Wildman–Crippen MR) is 155 cm³/mol. The van der Waals surface area contributed by atoms with E-state index in [1.165, 1.54) is 4.90 Å². The van der Waals surface area contributed by atoms with Crippen molar-refractivity contribution in [2.45, 2.75) is 6.92 Å². The number of aryl methyl sites for hydroxylation is 1. The van der Waals surface area contributed by atoms with Crippen LogP contribution < -0.4 is 15.0 Å². The molecule has 9 nitrogen and oxygen atoms in total. The minimum absolute atomic E-state index is 0.0146. The summed E-state index contributed by atoms with van der Waals surface area (Å²) in [5.41, 5.74) is 3.91. The molecule has 1 fully saturated rings. The van der Waals surface area contributed by atoms with Crippen LogP contribution in [0.5, 0.6) is 5.75 Å². The van der Waals surface area contributed by atoms with E-state index in [9.17, 15) is 14.4 Å². The average molecular weight is 545 g/mol. The molecule has 0 unspecified atom stereocenters. The quantitative estimate of drug-likeness (QED) is 0.419. The van der Waals surface area contributed by atoms with Crippen molar-refractivity contribution in [2.24, 2.45) is 0 Å². The Morgan fingerprint density at radius 3 is 2.05 bits per heavy atom. The number of benzene rings is 3. The van der Waals surface area contributed by atoms with Gasteiger partial charge in [0.2, 0.25) is 5.91 Å². The van der Waals surface area contributed by atoms with Crippen LogP contribution in [0.3, 0.4) is 0 Å². The van der Waals surface area contributed by atoms with Gasteiger partial charge in [0.15, 0.2) is 0 Å². The number of hydrogen-bond donors (Lipinski definition) is 1. The zero-order chi connectivity index (χ0) is 28.5. The van der Waals surface area contributed by atoms with Crippen LogP contribution in [0.15, 0.2) is 72.8 Å². The van der Waals surface area contributed by atoms with Gasteiger partial charge in [-0.15, -0.1) is 0 Å². The zero-order valence-corrected chi connectivity index (χ0v) is 23.3. The second kappa shape index (κ2) is 13.6. The molecule has 0 radical (unpaired) electrons. The number of anilines is 2. The van der Waals surface area contributed by atoms with E-state index in [1.807, 2.05) is 48.2 Å². The summed E-state index contributed by atoms with van der Waals surface area (Å²) < 4.78 is 10.3. The molecule has 3 aromatic carbocycles. The maximum atomic E-state index is 13.0. The molecule has 0 saturated carbocycles. The Bertz CT molecular complexity index is 1280. The number of nitrogens with one attached hydrogen (secondary N) is 1. The van der Waals surface area contributed by atoms with Gasteiger partial charge in [0, 0.05) is 62.3 Å². The maximum absolute atomic E-state index is 13.0. The summed E-state index contributed by atoms with van der Waals surface area (Å²) in [7, 11) is 3.17. The highest BCUT2D eigenvalue weighted by atomic mass is 16.5. The topological polar surface area (TPSA) is 91.4 Å². The molecule has 1 aliphatic heterocycles. The summed E-state index contributed by atoms with van der Waals surface area (Å²) in [5.74, 6) is 0.239. The van der Waals surface area contributed by atoms with Gasteiger partial charge in [-0.1, -0.05) is 17.7 Å². The van der Waals surface area contributed by atoms with E-state index in [0.29, 0.717) is 56.1 Å². The van der Waals surface area contributed by atoms with Gasteiger partial charge in [0.05, 0.1) is 13.7 Å². The van der Waals surface area contributed by atoms with Gasteiger partial charge < -0.3 is 29.5 Å². The third-order valence-corrected chi connectivity index (χ3v) is 6.91. The Balaban J connectivity index is 1.30. The largest absolute Gasteiger partial charge is 0.497 e. The third-order valence-electron chi connectivity index (χ3n) is 6.91. The standard InChI is InChI=1S/C31H36N4O5/c1-23-4-6-24(7-5-23)31(38)35(20-21-39-2)22-29(36)32-26-10-12-27(13-11-26)33-16-18-34(19-17-33)30(37)25-8-14-28(40-3)15-9-25/h4-15H,16-22H2,1-3H3,(H,32,36). The molecule has 0 bridgehead atoms. The average Bonchev–Trinajstić information content (AvgIpc) is 2.99. The molecular formula is C31H36N4O5. The number of amides is 3. The number of ether oxygens (including phenoxy) is 2. The lowest BCUT2D eigenvalue weighted by Gasteiger charge is -2.36. The number of carbonyl (C=O) groups excluding carboxylic acids is 3. The van der Waals surface area contributed by atoms with E-state index < -0.39 is 0 Å². The summed E-state index contributed by atoms with van der Waals surface area (Å²) in [6, 6.07) is 22.1. The summed E-state index contributed by atoms with van der Waals surface area (Å²) in [5, 5.41) is 2.89. The molecular weight excluding hydrogens is 508 g/mol. The summed E-state index contributed by atoms with van der Waals surface area (Å²) in [4.78, 5) is 44.2. The minimum Gasteiger partial charge on any atom is -0.497 e. The molecule has 9 heteroatoms. The van der Waals surface area contributed by atoms with Crippen LogP contribution in [0.4, 0.5) is 11.4 Å². The van der Waals surface area contributed by atoms with Crippen molar-refractivity contribution in [3.8, 4) is 5.75 Å². The second-order valence-electron chi connectivity index (χ2n) is 9.69. The Kier molecular flexibility index (Phi) is 9.75. The maximum Gasteiger partial charge on any atom is 0.254 e. The number of piperazine rings is 1. The molecule has 0 aromatic heterocycles. The molecule has 3 amide bonds. The van der Waals surface area contributed by atoms with Crippen LogP contribution in [0.25, 0.3) is 0 Å². The smallest absolute Gasteiger partial charge is 0.254 e. The van der Waals surface area contributed by atoms with Crippen molar-refractivity contribution < 1.29 is 23.9 Å². The number of methoxy groups -OCH3 is 2. The molecule has 1 aliphatic rings. The Labute approximate surface area is 235 Å². The van der Waals surface area contributed by atoms with Crippen LogP contribution in [-0.4, -0.2) is 87.6 Å². The van der Waals surface area contributed by atoms with Gasteiger partial charge in [-0.3, -0.25) is 14.4 Å². The first-order valence-electron chi connectivity index (χ1n) is 13.3. The molecule has 1 saturated heterocycles.